The average Bonchev–Trinajstić information content (AvgIpc) is 3.71. The minimum atomic E-state index is -0.430. The first-order valence-corrected chi connectivity index (χ1v) is 15.4. The summed E-state index contributed by atoms with van der Waals surface area (Å²) >= 11 is 0. The molecule has 2 aliphatic heterocycles. The van der Waals surface area contributed by atoms with Crippen LogP contribution in [0.2, 0.25) is 0 Å². The Labute approximate surface area is 262 Å². The predicted molar refractivity (Wildman–Crippen MR) is 167 cm³/mol. The summed E-state index contributed by atoms with van der Waals surface area (Å²) < 4.78 is 14.0. The number of H-pyrrole nitrogens is 1. The number of carbonyl (C=O) groups excluding carboxylic acids is 2. The molecule has 2 atom stereocenters. The van der Waals surface area contributed by atoms with Crippen molar-refractivity contribution in [3.8, 4) is 0 Å². The van der Waals surface area contributed by atoms with Crippen LogP contribution in [-0.2, 0) is 4.84 Å². The van der Waals surface area contributed by atoms with Crippen LogP contribution in [0.3, 0.4) is 0 Å². The van der Waals surface area contributed by atoms with E-state index in [2.05, 4.69) is 20.4 Å². The van der Waals surface area contributed by atoms with Gasteiger partial charge < -0.3 is 4.98 Å². The lowest BCUT2D eigenvalue weighted by Crippen LogP contribution is -2.52. The van der Waals surface area contributed by atoms with E-state index in [-0.39, 0.29) is 30.1 Å². The van der Waals surface area contributed by atoms with E-state index in [0.717, 1.165) is 48.9 Å². The lowest BCUT2D eigenvalue weighted by molar-refractivity contribution is -0.324. The fraction of sp³-hybridized carbons (Fsp3) is 0.364. The third-order valence-electron chi connectivity index (χ3n) is 8.61. The Bertz CT molecular complexity index is 1560. The van der Waals surface area contributed by atoms with Crippen molar-refractivity contribution < 1.29 is 18.8 Å². The van der Waals surface area contributed by atoms with Crippen LogP contribution in [-0.4, -0.2) is 93.5 Å². The van der Waals surface area contributed by atoms with Crippen molar-refractivity contribution in [1.29, 1.82) is 0 Å². The lowest BCUT2D eigenvalue weighted by Gasteiger charge is -2.36. The second kappa shape index (κ2) is 13.9. The number of nitrogens with one attached hydrogen (secondary N) is 2. The third kappa shape index (κ3) is 6.96. The molecule has 1 amide bonds. The van der Waals surface area contributed by atoms with Crippen LogP contribution in [0.1, 0.15) is 58.1 Å². The number of amides is 1. The second-order valence-corrected chi connectivity index (χ2v) is 11.5. The van der Waals surface area contributed by atoms with Gasteiger partial charge in [0.1, 0.15) is 12.5 Å². The minimum Gasteiger partial charge on any atom is -0.335 e. The molecule has 236 valence electrons. The van der Waals surface area contributed by atoms with Crippen LogP contribution in [0.15, 0.2) is 78.9 Å². The maximum atomic E-state index is 14.2. The summed E-state index contributed by atoms with van der Waals surface area (Å²) in [6.07, 6.45) is 3.68. The molecule has 2 unspecified atom stereocenters. The molecule has 3 heterocycles. The van der Waals surface area contributed by atoms with Gasteiger partial charge in [0.2, 0.25) is 5.78 Å². The van der Waals surface area contributed by atoms with Crippen molar-refractivity contribution in [2.75, 3.05) is 40.5 Å². The second-order valence-electron chi connectivity index (χ2n) is 11.5. The number of halogens is 1. The molecule has 6 rings (SSSR count). The molecule has 11 nitrogen and oxygen atoms in total. The Balaban J connectivity index is 1.26. The zero-order valence-corrected chi connectivity index (χ0v) is 25.6. The number of benzene rings is 3. The van der Waals surface area contributed by atoms with Gasteiger partial charge in [0.15, 0.2) is 5.82 Å². The number of fused-ring (bicyclic) bond motifs is 1. The van der Waals surface area contributed by atoms with Crippen LogP contribution < -0.4 is 5.53 Å². The van der Waals surface area contributed by atoms with E-state index < -0.39 is 6.04 Å². The SMILES string of the molecule is CON1NN(CC(CC(C(=O)c2nc3ccccc3[nH]2)N2CCCCC2)c2ccc(F)cc2)CN1N(C)C(=O)c1ccccc1. The number of hydrazine groups is 4. The summed E-state index contributed by atoms with van der Waals surface area (Å²) in [7, 11) is 3.20. The van der Waals surface area contributed by atoms with Gasteiger partial charge in [-0.25, -0.2) is 14.4 Å². The van der Waals surface area contributed by atoms with Crippen molar-refractivity contribution in [1.82, 2.24) is 40.8 Å². The van der Waals surface area contributed by atoms with Crippen LogP contribution in [0.4, 0.5) is 4.39 Å². The van der Waals surface area contributed by atoms with Crippen LogP contribution in [0.25, 0.3) is 11.0 Å². The van der Waals surface area contributed by atoms with Crippen molar-refractivity contribution in [2.24, 2.45) is 0 Å². The van der Waals surface area contributed by atoms with Gasteiger partial charge in [-0.3, -0.25) is 24.3 Å². The molecule has 12 heteroatoms. The molecule has 4 aromatic rings. The van der Waals surface area contributed by atoms with E-state index in [1.165, 1.54) is 29.5 Å². The van der Waals surface area contributed by atoms with Gasteiger partial charge in [-0.15, -0.1) is 5.53 Å². The number of likely N-dealkylation sites (tertiary alicyclic amines) is 1. The van der Waals surface area contributed by atoms with Gasteiger partial charge in [-0.05, 0) is 79.6 Å². The van der Waals surface area contributed by atoms with Gasteiger partial charge in [-0.2, -0.15) is 0 Å². The first-order valence-electron chi connectivity index (χ1n) is 15.4. The number of carbonyl (C=O) groups is 2. The zero-order valence-electron chi connectivity index (χ0n) is 25.6. The van der Waals surface area contributed by atoms with Gasteiger partial charge in [0.25, 0.3) is 5.91 Å². The summed E-state index contributed by atoms with van der Waals surface area (Å²) in [5.74, 6) is -0.393. The van der Waals surface area contributed by atoms with E-state index in [1.807, 2.05) is 47.5 Å². The standard InChI is InChI=1S/C33H39FN8O3/c1-38(33(44)25-11-5-3-6-12-25)41-23-40(37-42(41)45-2)22-26(24-15-17-27(34)18-16-24)21-30(39-19-9-4-10-20-39)31(43)32-35-28-13-7-8-14-29(28)36-32/h3,5-8,11-18,26,30,37H,4,9-10,19-23H2,1-2H3,(H,35,36). The number of ketones is 1. The summed E-state index contributed by atoms with van der Waals surface area (Å²) in [6.45, 7) is 2.39. The van der Waals surface area contributed by atoms with Gasteiger partial charge in [0, 0.05) is 25.1 Å². The summed E-state index contributed by atoms with van der Waals surface area (Å²) in [5, 5.41) is 6.45. The van der Waals surface area contributed by atoms with E-state index >= 15 is 0 Å². The Kier molecular flexibility index (Phi) is 9.59. The van der Waals surface area contributed by atoms with Crippen LogP contribution in [0, 0.1) is 5.82 Å². The van der Waals surface area contributed by atoms with Crippen LogP contribution >= 0.6 is 0 Å². The smallest absolute Gasteiger partial charge is 0.269 e. The first-order chi connectivity index (χ1) is 21.9. The highest BCUT2D eigenvalue weighted by Gasteiger charge is 2.38. The number of imidazole rings is 1. The summed E-state index contributed by atoms with van der Waals surface area (Å²) in [6, 6.07) is 22.7. The van der Waals surface area contributed by atoms with Crippen molar-refractivity contribution in [3.63, 3.8) is 0 Å². The fourth-order valence-electron chi connectivity index (χ4n) is 6.20. The molecule has 2 aliphatic rings. The highest BCUT2D eigenvalue weighted by Crippen LogP contribution is 2.29. The third-order valence-corrected chi connectivity index (χ3v) is 8.61. The number of para-hydroxylation sites is 2. The normalized spacial score (nSPS) is 18.3. The van der Waals surface area contributed by atoms with E-state index in [4.69, 9.17) is 4.84 Å². The number of hydrogen-bond donors (Lipinski definition) is 2. The Morgan fingerprint density at radius 1 is 0.978 bits per heavy atom. The van der Waals surface area contributed by atoms with Gasteiger partial charge >= 0.3 is 0 Å². The van der Waals surface area contributed by atoms with E-state index in [0.29, 0.717) is 24.4 Å². The summed E-state index contributed by atoms with van der Waals surface area (Å²) in [4.78, 5) is 43.2. The molecular formula is C33H39FN8O3. The number of Topliss-reactive ketones (excluding diaryl/α,β-unsaturated/α-hetero) is 1. The molecule has 3 aromatic carbocycles. The molecule has 0 saturated carbocycles. The number of piperidine rings is 1. The predicted octanol–water partition coefficient (Wildman–Crippen LogP) is 4.37. The first kappa shape index (κ1) is 31.0. The molecule has 2 saturated heterocycles. The molecule has 45 heavy (non-hydrogen) atoms. The number of nitrogens with zero attached hydrogens (tertiary/aromatic N) is 6. The number of aromatic nitrogens is 2. The molecule has 0 radical (unpaired) electrons. The van der Waals surface area contributed by atoms with Crippen LogP contribution in [0.5, 0.6) is 0 Å². The number of aromatic amines is 1. The topological polar surface area (TPSA) is 100 Å². The molecule has 0 bridgehead atoms. The molecule has 0 aliphatic carbocycles. The van der Waals surface area contributed by atoms with Crippen molar-refractivity contribution in [2.45, 2.75) is 37.6 Å². The molecule has 2 N–H and O–H groups in total. The van der Waals surface area contributed by atoms with E-state index in [1.54, 1.807) is 36.4 Å². The van der Waals surface area contributed by atoms with Crippen molar-refractivity contribution in [3.05, 3.63) is 102 Å². The minimum absolute atomic E-state index is 0.0528. The maximum absolute atomic E-state index is 14.2. The zero-order chi connectivity index (χ0) is 31.3. The quantitative estimate of drug-likeness (QED) is 0.239. The molecule has 2 fully saturated rings. The molecule has 1 aromatic heterocycles. The largest absolute Gasteiger partial charge is 0.335 e. The molecule has 0 spiro atoms. The number of hydrogen-bond acceptors (Lipinski definition) is 9. The monoisotopic (exact) mass is 614 g/mol. The van der Waals surface area contributed by atoms with Crippen molar-refractivity contribution >= 4 is 22.7 Å². The average molecular weight is 615 g/mol. The Morgan fingerprint density at radius 3 is 2.40 bits per heavy atom. The maximum Gasteiger partial charge on any atom is 0.269 e. The summed E-state index contributed by atoms with van der Waals surface area (Å²) in [5.41, 5.74) is 6.24. The fourth-order valence-corrected chi connectivity index (χ4v) is 6.20. The van der Waals surface area contributed by atoms with E-state index in [9.17, 15) is 14.0 Å². The number of rotatable bonds is 11. The highest BCUT2D eigenvalue weighted by molar-refractivity contribution is 5.99. The molecular weight excluding hydrogens is 575 g/mol. The Hall–Kier alpha value is -4.04. The lowest BCUT2D eigenvalue weighted by atomic mass is 9.88. The van der Waals surface area contributed by atoms with Gasteiger partial charge in [-0.1, -0.05) is 54.0 Å². The Morgan fingerprint density at radius 2 is 1.69 bits per heavy atom. The van der Waals surface area contributed by atoms with Gasteiger partial charge in [0.05, 0.1) is 24.2 Å². The highest BCUT2D eigenvalue weighted by atomic mass is 19.1.